The lowest BCUT2D eigenvalue weighted by Crippen LogP contribution is -2.49. The summed E-state index contributed by atoms with van der Waals surface area (Å²) in [5.41, 5.74) is 0. The van der Waals surface area contributed by atoms with Gasteiger partial charge in [0.05, 0.1) is 12.5 Å². The molecule has 8 heteroatoms. The summed E-state index contributed by atoms with van der Waals surface area (Å²) in [5.74, 6) is -2.65. The predicted molar refractivity (Wildman–Crippen MR) is 68.4 cm³/mol. The Hall–Kier alpha value is -1.83. The lowest BCUT2D eigenvalue weighted by Gasteiger charge is -2.28. The van der Waals surface area contributed by atoms with E-state index in [-0.39, 0.29) is 6.10 Å². The molecule has 1 heterocycles. The molecule has 0 bridgehead atoms. The molecule has 0 saturated carbocycles. The van der Waals surface area contributed by atoms with Crippen LogP contribution in [0.4, 0.5) is 4.79 Å². The molecule has 0 spiro atoms. The van der Waals surface area contributed by atoms with Crippen molar-refractivity contribution in [2.45, 2.75) is 37.8 Å². The van der Waals surface area contributed by atoms with Crippen molar-refractivity contribution in [3.05, 3.63) is 0 Å². The Balaban J connectivity index is 2.45. The highest BCUT2D eigenvalue weighted by Gasteiger charge is 2.25. The van der Waals surface area contributed by atoms with Gasteiger partial charge in [0.1, 0.15) is 6.04 Å². The number of carbonyl (C=O) groups excluding carboxylic acids is 1. The number of aliphatic carboxylic acids is 2. The molecule has 0 radical (unpaired) electrons. The van der Waals surface area contributed by atoms with Gasteiger partial charge in [-0.15, -0.1) is 0 Å². The fraction of sp³-hybridized carbons (Fsp3) is 0.750. The molecule has 2 amide bonds. The van der Waals surface area contributed by atoms with E-state index in [9.17, 15) is 14.4 Å². The number of likely N-dealkylation sites (N-methyl/N-ethyl adjacent to an activating group) is 1. The maximum atomic E-state index is 11.8. The zero-order chi connectivity index (χ0) is 15.1. The number of amides is 2. The van der Waals surface area contributed by atoms with Crippen LogP contribution >= 0.6 is 0 Å². The van der Waals surface area contributed by atoms with Crippen LogP contribution in [0, 0.1) is 0 Å². The molecule has 0 aliphatic carbocycles. The number of hydrogen-bond donors (Lipinski definition) is 3. The SMILES string of the molecule is CN(CC1CCCCO1)C(=O)NC(CC(=O)O)C(=O)O. The third-order valence-electron chi connectivity index (χ3n) is 3.07. The van der Waals surface area contributed by atoms with Crippen molar-refractivity contribution in [3.8, 4) is 0 Å². The summed E-state index contributed by atoms with van der Waals surface area (Å²) in [5, 5.41) is 19.6. The van der Waals surface area contributed by atoms with Crippen molar-refractivity contribution >= 4 is 18.0 Å². The number of carboxylic acid groups (broad SMARTS) is 2. The number of urea groups is 1. The number of nitrogens with one attached hydrogen (secondary N) is 1. The van der Waals surface area contributed by atoms with Crippen molar-refractivity contribution in [1.29, 1.82) is 0 Å². The molecule has 1 aliphatic heterocycles. The topological polar surface area (TPSA) is 116 Å². The van der Waals surface area contributed by atoms with E-state index < -0.39 is 30.4 Å². The highest BCUT2D eigenvalue weighted by Crippen LogP contribution is 2.13. The van der Waals surface area contributed by atoms with Gasteiger partial charge < -0.3 is 25.2 Å². The minimum absolute atomic E-state index is 0.0535. The van der Waals surface area contributed by atoms with Gasteiger partial charge in [-0.3, -0.25) is 4.79 Å². The lowest BCUT2D eigenvalue weighted by molar-refractivity contribution is -0.145. The van der Waals surface area contributed by atoms with Gasteiger partial charge in [-0.1, -0.05) is 0 Å². The van der Waals surface area contributed by atoms with Crippen molar-refractivity contribution in [2.24, 2.45) is 0 Å². The van der Waals surface area contributed by atoms with Gasteiger partial charge in [0.25, 0.3) is 0 Å². The Labute approximate surface area is 116 Å². The number of carboxylic acids is 2. The zero-order valence-corrected chi connectivity index (χ0v) is 11.4. The fourth-order valence-electron chi connectivity index (χ4n) is 1.97. The van der Waals surface area contributed by atoms with Gasteiger partial charge in [-0.2, -0.15) is 0 Å². The van der Waals surface area contributed by atoms with Crippen LogP contribution in [0.3, 0.4) is 0 Å². The normalized spacial score (nSPS) is 19.9. The smallest absolute Gasteiger partial charge is 0.326 e. The molecule has 1 aliphatic rings. The molecule has 1 rings (SSSR count). The van der Waals surface area contributed by atoms with E-state index in [2.05, 4.69) is 5.32 Å². The van der Waals surface area contributed by atoms with E-state index in [1.54, 1.807) is 0 Å². The minimum atomic E-state index is -1.44. The number of carbonyl (C=O) groups is 3. The Morgan fingerprint density at radius 1 is 1.35 bits per heavy atom. The number of nitrogens with zero attached hydrogens (tertiary/aromatic N) is 1. The van der Waals surface area contributed by atoms with Gasteiger partial charge in [0.2, 0.25) is 0 Å². The molecule has 0 aromatic rings. The van der Waals surface area contributed by atoms with Crippen molar-refractivity contribution < 1.29 is 29.3 Å². The van der Waals surface area contributed by atoms with Crippen LogP contribution in [0.5, 0.6) is 0 Å². The summed E-state index contributed by atoms with van der Waals surface area (Å²) < 4.78 is 5.48. The fourth-order valence-corrected chi connectivity index (χ4v) is 1.97. The maximum Gasteiger partial charge on any atom is 0.326 e. The van der Waals surface area contributed by atoms with Crippen LogP contribution in [0.25, 0.3) is 0 Å². The first-order chi connectivity index (χ1) is 9.40. The molecule has 0 aromatic carbocycles. The van der Waals surface area contributed by atoms with E-state index in [0.717, 1.165) is 19.3 Å². The maximum absolute atomic E-state index is 11.8. The highest BCUT2D eigenvalue weighted by atomic mass is 16.5. The summed E-state index contributed by atoms with van der Waals surface area (Å²) in [4.78, 5) is 34.5. The zero-order valence-electron chi connectivity index (χ0n) is 11.4. The average Bonchev–Trinajstić information content (AvgIpc) is 2.38. The summed E-state index contributed by atoms with van der Waals surface area (Å²) in [6, 6.07) is -2.05. The minimum Gasteiger partial charge on any atom is -0.481 e. The van der Waals surface area contributed by atoms with Crippen LogP contribution in [0.15, 0.2) is 0 Å². The number of hydrogen-bond acceptors (Lipinski definition) is 4. The van der Waals surface area contributed by atoms with Gasteiger partial charge >= 0.3 is 18.0 Å². The second-order valence-electron chi connectivity index (χ2n) is 4.81. The van der Waals surface area contributed by atoms with Gasteiger partial charge in [0.15, 0.2) is 0 Å². The summed E-state index contributed by atoms with van der Waals surface area (Å²) >= 11 is 0. The summed E-state index contributed by atoms with van der Waals surface area (Å²) in [7, 11) is 1.52. The molecule has 8 nitrogen and oxygen atoms in total. The van der Waals surface area contributed by atoms with Gasteiger partial charge in [0, 0.05) is 20.2 Å². The van der Waals surface area contributed by atoms with Crippen LogP contribution in [-0.2, 0) is 14.3 Å². The predicted octanol–water partition coefficient (Wildman–Crippen LogP) is 0.125. The van der Waals surface area contributed by atoms with E-state index in [0.29, 0.717) is 13.2 Å². The largest absolute Gasteiger partial charge is 0.481 e. The molecule has 0 aromatic heterocycles. The first-order valence-corrected chi connectivity index (χ1v) is 6.48. The second kappa shape index (κ2) is 7.68. The van der Waals surface area contributed by atoms with Gasteiger partial charge in [-0.05, 0) is 19.3 Å². The Kier molecular flexibility index (Phi) is 6.23. The van der Waals surface area contributed by atoms with Gasteiger partial charge in [-0.25, -0.2) is 9.59 Å². The van der Waals surface area contributed by atoms with Crippen LogP contribution in [0.1, 0.15) is 25.7 Å². The molecular weight excluding hydrogens is 268 g/mol. The average molecular weight is 288 g/mol. The van der Waals surface area contributed by atoms with E-state index >= 15 is 0 Å². The van der Waals surface area contributed by atoms with Crippen molar-refractivity contribution in [3.63, 3.8) is 0 Å². The number of ether oxygens (including phenoxy) is 1. The van der Waals surface area contributed by atoms with Crippen LogP contribution in [-0.4, -0.2) is 65.4 Å². The lowest BCUT2D eigenvalue weighted by atomic mass is 10.1. The second-order valence-corrected chi connectivity index (χ2v) is 4.81. The van der Waals surface area contributed by atoms with E-state index in [1.165, 1.54) is 11.9 Å². The first kappa shape index (κ1) is 16.2. The third-order valence-corrected chi connectivity index (χ3v) is 3.07. The van der Waals surface area contributed by atoms with Crippen LogP contribution < -0.4 is 5.32 Å². The highest BCUT2D eigenvalue weighted by molar-refractivity contribution is 5.86. The van der Waals surface area contributed by atoms with Crippen molar-refractivity contribution in [1.82, 2.24) is 10.2 Å². The molecule has 20 heavy (non-hydrogen) atoms. The third kappa shape index (κ3) is 5.43. The van der Waals surface area contributed by atoms with E-state index in [1.807, 2.05) is 0 Å². The first-order valence-electron chi connectivity index (χ1n) is 6.48. The Morgan fingerprint density at radius 3 is 2.55 bits per heavy atom. The standard InChI is InChI=1S/C12H20N2O6/c1-14(7-8-4-2-3-5-20-8)12(19)13-9(11(17)18)6-10(15)16/h8-9H,2-7H2,1H3,(H,13,19)(H,15,16)(H,17,18). The molecule has 1 fully saturated rings. The summed E-state index contributed by atoms with van der Waals surface area (Å²) in [6.07, 6.45) is 2.19. The van der Waals surface area contributed by atoms with Crippen molar-refractivity contribution in [2.75, 3.05) is 20.2 Å². The molecule has 2 unspecified atom stereocenters. The quantitative estimate of drug-likeness (QED) is 0.639. The van der Waals surface area contributed by atoms with Crippen LogP contribution in [0.2, 0.25) is 0 Å². The molecule has 1 saturated heterocycles. The Bertz CT molecular complexity index is 367. The van der Waals surface area contributed by atoms with E-state index in [4.69, 9.17) is 14.9 Å². The molecule has 2 atom stereocenters. The monoisotopic (exact) mass is 288 g/mol. The number of rotatable bonds is 6. The molecular formula is C12H20N2O6. The Morgan fingerprint density at radius 2 is 2.05 bits per heavy atom. The summed E-state index contributed by atoms with van der Waals surface area (Å²) in [6.45, 7) is 1.02. The molecule has 3 N–H and O–H groups in total. The molecule has 114 valence electrons.